The molecule has 0 fully saturated rings. The molecule has 78 valence electrons. The topological polar surface area (TPSA) is 9.23 Å². The number of halogens is 2. The quantitative estimate of drug-likeness (QED) is 0.725. The minimum absolute atomic E-state index is 0.0411. The van der Waals surface area contributed by atoms with Gasteiger partial charge in [0.05, 0.1) is 7.11 Å². The SMILES string of the molecule is CCC(C)c1c(OC)ccc(F)c1F. The molecule has 14 heavy (non-hydrogen) atoms. The highest BCUT2D eigenvalue weighted by Gasteiger charge is 2.18. The fourth-order valence-corrected chi connectivity index (χ4v) is 1.39. The van der Waals surface area contributed by atoms with Gasteiger partial charge >= 0.3 is 0 Å². The summed E-state index contributed by atoms with van der Waals surface area (Å²) in [5.74, 6) is -1.24. The van der Waals surface area contributed by atoms with E-state index in [1.54, 1.807) is 0 Å². The van der Waals surface area contributed by atoms with Crippen LogP contribution in [0.3, 0.4) is 0 Å². The summed E-state index contributed by atoms with van der Waals surface area (Å²) in [7, 11) is 1.46. The molecule has 1 nitrogen and oxygen atoms in total. The number of hydrogen-bond acceptors (Lipinski definition) is 1. The number of methoxy groups -OCH3 is 1. The molecule has 0 spiro atoms. The second-order valence-corrected chi connectivity index (χ2v) is 3.29. The second-order valence-electron chi connectivity index (χ2n) is 3.29. The Balaban J connectivity index is 3.27. The van der Waals surface area contributed by atoms with E-state index in [1.807, 2.05) is 13.8 Å². The zero-order chi connectivity index (χ0) is 10.7. The summed E-state index contributed by atoms with van der Waals surface area (Å²) in [5, 5.41) is 0. The van der Waals surface area contributed by atoms with Crippen molar-refractivity contribution < 1.29 is 13.5 Å². The first-order valence-corrected chi connectivity index (χ1v) is 4.63. The van der Waals surface area contributed by atoms with E-state index in [1.165, 1.54) is 13.2 Å². The van der Waals surface area contributed by atoms with Crippen molar-refractivity contribution in [3.05, 3.63) is 29.3 Å². The van der Waals surface area contributed by atoms with E-state index in [0.29, 0.717) is 11.3 Å². The van der Waals surface area contributed by atoms with Crippen molar-refractivity contribution in [3.63, 3.8) is 0 Å². The van der Waals surface area contributed by atoms with Gasteiger partial charge in [-0.15, -0.1) is 0 Å². The molecule has 0 bridgehead atoms. The molecule has 1 unspecified atom stereocenters. The predicted octanol–water partition coefficient (Wildman–Crippen LogP) is 3.49. The summed E-state index contributed by atoms with van der Waals surface area (Å²) in [5.41, 5.74) is 0.329. The molecule has 0 saturated heterocycles. The van der Waals surface area contributed by atoms with Gasteiger partial charge in [0, 0.05) is 5.56 Å². The van der Waals surface area contributed by atoms with Crippen LogP contribution in [0.2, 0.25) is 0 Å². The molecule has 1 rings (SSSR count). The Morgan fingerprint density at radius 1 is 1.36 bits per heavy atom. The lowest BCUT2D eigenvalue weighted by Crippen LogP contribution is -2.02. The van der Waals surface area contributed by atoms with Crippen molar-refractivity contribution >= 4 is 0 Å². The van der Waals surface area contributed by atoms with Crippen LogP contribution in [0.5, 0.6) is 5.75 Å². The number of hydrogen-bond donors (Lipinski definition) is 0. The lowest BCUT2D eigenvalue weighted by molar-refractivity contribution is 0.392. The minimum atomic E-state index is -0.818. The summed E-state index contributed by atoms with van der Waals surface area (Å²) in [6.07, 6.45) is 0.747. The molecule has 0 aliphatic rings. The Bertz CT molecular complexity index is 323. The standard InChI is InChI=1S/C11H14F2O/c1-4-7(2)10-9(14-3)6-5-8(12)11(10)13/h5-7H,4H2,1-3H3. The molecule has 0 aliphatic carbocycles. The zero-order valence-electron chi connectivity index (χ0n) is 8.60. The number of ether oxygens (including phenoxy) is 1. The summed E-state index contributed by atoms with van der Waals surface area (Å²) in [4.78, 5) is 0. The van der Waals surface area contributed by atoms with Gasteiger partial charge in [-0.1, -0.05) is 13.8 Å². The van der Waals surface area contributed by atoms with Gasteiger partial charge in [0.15, 0.2) is 11.6 Å². The lowest BCUT2D eigenvalue weighted by atomic mass is 9.97. The Hall–Kier alpha value is -1.12. The third-order valence-electron chi connectivity index (χ3n) is 2.42. The number of benzene rings is 1. The summed E-state index contributed by atoms with van der Waals surface area (Å²) >= 11 is 0. The van der Waals surface area contributed by atoms with Gasteiger partial charge in [-0.05, 0) is 24.5 Å². The van der Waals surface area contributed by atoms with Gasteiger partial charge in [-0.3, -0.25) is 0 Å². The van der Waals surface area contributed by atoms with Crippen LogP contribution in [0.4, 0.5) is 8.78 Å². The molecular formula is C11H14F2O. The van der Waals surface area contributed by atoms with Gasteiger partial charge in [0.2, 0.25) is 0 Å². The van der Waals surface area contributed by atoms with Crippen LogP contribution in [0.25, 0.3) is 0 Å². The zero-order valence-corrected chi connectivity index (χ0v) is 8.60. The monoisotopic (exact) mass is 200 g/mol. The van der Waals surface area contributed by atoms with Crippen molar-refractivity contribution in [1.29, 1.82) is 0 Å². The molecule has 1 aromatic carbocycles. The molecule has 1 aromatic rings. The van der Waals surface area contributed by atoms with E-state index in [2.05, 4.69) is 0 Å². The first-order valence-electron chi connectivity index (χ1n) is 4.63. The molecule has 0 radical (unpaired) electrons. The van der Waals surface area contributed by atoms with E-state index in [-0.39, 0.29) is 5.92 Å². The fraction of sp³-hybridized carbons (Fsp3) is 0.455. The third kappa shape index (κ3) is 1.86. The maximum absolute atomic E-state index is 13.4. The van der Waals surface area contributed by atoms with Gasteiger partial charge < -0.3 is 4.74 Å². The first-order chi connectivity index (χ1) is 6.61. The van der Waals surface area contributed by atoms with Crippen molar-refractivity contribution in [2.75, 3.05) is 7.11 Å². The Labute approximate surface area is 82.7 Å². The van der Waals surface area contributed by atoms with Crippen molar-refractivity contribution in [2.24, 2.45) is 0 Å². The van der Waals surface area contributed by atoms with Gasteiger partial charge in [-0.2, -0.15) is 0 Å². The maximum Gasteiger partial charge on any atom is 0.165 e. The summed E-state index contributed by atoms with van der Waals surface area (Å²) in [6, 6.07) is 2.54. The van der Waals surface area contributed by atoms with E-state index in [4.69, 9.17) is 4.74 Å². The van der Waals surface area contributed by atoms with Gasteiger partial charge in [0.25, 0.3) is 0 Å². The van der Waals surface area contributed by atoms with Crippen LogP contribution in [-0.4, -0.2) is 7.11 Å². The average Bonchev–Trinajstić information content (AvgIpc) is 2.20. The molecule has 0 saturated carbocycles. The normalized spacial score (nSPS) is 12.6. The van der Waals surface area contributed by atoms with Crippen LogP contribution in [0, 0.1) is 11.6 Å². The molecule has 0 N–H and O–H groups in total. The van der Waals surface area contributed by atoms with Crippen LogP contribution in [0.15, 0.2) is 12.1 Å². The first kappa shape index (κ1) is 11.0. The Morgan fingerprint density at radius 2 is 2.00 bits per heavy atom. The van der Waals surface area contributed by atoms with Gasteiger partial charge in [0.1, 0.15) is 5.75 Å². The summed E-state index contributed by atoms with van der Waals surface area (Å²) < 4.78 is 31.4. The maximum atomic E-state index is 13.4. The number of rotatable bonds is 3. The van der Waals surface area contributed by atoms with E-state index >= 15 is 0 Å². The van der Waals surface area contributed by atoms with Crippen LogP contribution in [0.1, 0.15) is 31.7 Å². The minimum Gasteiger partial charge on any atom is -0.496 e. The molecular weight excluding hydrogens is 186 g/mol. The van der Waals surface area contributed by atoms with E-state index in [0.717, 1.165) is 12.5 Å². The highest BCUT2D eigenvalue weighted by atomic mass is 19.2. The molecule has 3 heteroatoms. The highest BCUT2D eigenvalue weighted by Crippen LogP contribution is 2.32. The average molecular weight is 200 g/mol. The molecule has 0 aromatic heterocycles. The largest absolute Gasteiger partial charge is 0.496 e. The van der Waals surface area contributed by atoms with Crippen molar-refractivity contribution in [3.8, 4) is 5.75 Å². The third-order valence-corrected chi connectivity index (χ3v) is 2.42. The van der Waals surface area contributed by atoms with E-state index < -0.39 is 11.6 Å². The predicted molar refractivity (Wildman–Crippen MR) is 51.6 cm³/mol. The van der Waals surface area contributed by atoms with Crippen molar-refractivity contribution in [2.45, 2.75) is 26.2 Å². The molecule has 0 amide bonds. The fourth-order valence-electron chi connectivity index (χ4n) is 1.39. The second kappa shape index (κ2) is 4.40. The van der Waals surface area contributed by atoms with Crippen LogP contribution >= 0.6 is 0 Å². The van der Waals surface area contributed by atoms with Crippen LogP contribution in [-0.2, 0) is 0 Å². The lowest BCUT2D eigenvalue weighted by Gasteiger charge is -2.14. The molecule has 1 atom stereocenters. The van der Waals surface area contributed by atoms with E-state index in [9.17, 15) is 8.78 Å². The molecule has 0 aliphatic heterocycles. The summed E-state index contributed by atoms with van der Waals surface area (Å²) in [6.45, 7) is 3.77. The highest BCUT2D eigenvalue weighted by molar-refractivity contribution is 5.37. The van der Waals surface area contributed by atoms with Crippen LogP contribution < -0.4 is 4.74 Å². The van der Waals surface area contributed by atoms with Crippen molar-refractivity contribution in [1.82, 2.24) is 0 Å². The van der Waals surface area contributed by atoms with Gasteiger partial charge in [-0.25, -0.2) is 8.78 Å². The molecule has 0 heterocycles. The Morgan fingerprint density at radius 3 is 2.50 bits per heavy atom. The Kier molecular flexibility index (Phi) is 3.44. The smallest absolute Gasteiger partial charge is 0.165 e.